The first kappa shape index (κ1) is 18.9. The van der Waals surface area contributed by atoms with Crippen LogP contribution in [0.25, 0.3) is 11.1 Å². The van der Waals surface area contributed by atoms with E-state index < -0.39 is 9.84 Å². The maximum absolute atomic E-state index is 12.9. The highest BCUT2D eigenvalue weighted by molar-refractivity contribution is 7.90. The molecule has 136 valence electrons. The number of nitriles is 1. The number of sulfone groups is 1. The van der Waals surface area contributed by atoms with Gasteiger partial charge in [-0.3, -0.25) is 4.98 Å². The van der Waals surface area contributed by atoms with E-state index in [0.717, 1.165) is 11.1 Å². The smallest absolute Gasteiger partial charge is 0.186 e. The second kappa shape index (κ2) is 7.78. The van der Waals surface area contributed by atoms with Crippen LogP contribution in [0, 0.1) is 11.3 Å². The largest absolute Gasteiger partial charge is 0.495 e. The Balaban J connectivity index is 1.94. The molecule has 0 fully saturated rings. The topological polar surface area (TPSA) is 80.1 Å². The molecule has 1 aromatic heterocycles. The molecule has 0 radical (unpaired) electrons. The van der Waals surface area contributed by atoms with Crippen molar-refractivity contribution in [2.75, 3.05) is 7.11 Å². The maximum Gasteiger partial charge on any atom is 0.186 e. The van der Waals surface area contributed by atoms with Crippen molar-refractivity contribution in [3.63, 3.8) is 0 Å². The summed E-state index contributed by atoms with van der Waals surface area (Å²) in [5, 5.41) is 9.21. The summed E-state index contributed by atoms with van der Waals surface area (Å²) < 4.78 is 30.9. The van der Waals surface area contributed by atoms with Crippen molar-refractivity contribution >= 4 is 21.4 Å². The van der Waals surface area contributed by atoms with Gasteiger partial charge in [-0.1, -0.05) is 23.7 Å². The highest BCUT2D eigenvalue weighted by atomic mass is 35.5. The van der Waals surface area contributed by atoms with Crippen molar-refractivity contribution in [2.45, 2.75) is 10.6 Å². The lowest BCUT2D eigenvalue weighted by Crippen LogP contribution is -2.07. The average Bonchev–Trinajstić information content (AvgIpc) is 2.68. The predicted octanol–water partition coefficient (Wildman–Crippen LogP) is 4.26. The first-order valence-corrected chi connectivity index (χ1v) is 9.97. The zero-order chi connectivity index (χ0) is 19.4. The Morgan fingerprint density at radius 1 is 1.07 bits per heavy atom. The molecule has 0 unspecified atom stereocenters. The molecule has 0 spiro atoms. The van der Waals surface area contributed by atoms with Gasteiger partial charge in [0.15, 0.2) is 9.84 Å². The Labute approximate surface area is 162 Å². The van der Waals surface area contributed by atoms with E-state index in [9.17, 15) is 8.42 Å². The Morgan fingerprint density at radius 2 is 1.81 bits per heavy atom. The highest BCUT2D eigenvalue weighted by Crippen LogP contribution is 2.30. The van der Waals surface area contributed by atoms with Gasteiger partial charge in [0.1, 0.15) is 10.6 Å². The van der Waals surface area contributed by atoms with E-state index in [2.05, 4.69) is 11.1 Å². The normalized spacial score (nSPS) is 11.0. The summed E-state index contributed by atoms with van der Waals surface area (Å²) in [6, 6.07) is 15.3. The van der Waals surface area contributed by atoms with Gasteiger partial charge in [0.05, 0.1) is 24.5 Å². The van der Waals surface area contributed by atoms with Crippen LogP contribution < -0.4 is 4.74 Å². The molecule has 7 heteroatoms. The van der Waals surface area contributed by atoms with Crippen molar-refractivity contribution in [1.29, 1.82) is 5.26 Å². The first-order chi connectivity index (χ1) is 12.9. The van der Waals surface area contributed by atoms with Gasteiger partial charge in [0.25, 0.3) is 0 Å². The molecule has 0 aliphatic heterocycles. The van der Waals surface area contributed by atoms with Crippen LogP contribution in [0.2, 0.25) is 5.02 Å². The molecule has 0 amide bonds. The molecular weight excluding hydrogens is 384 g/mol. The third kappa shape index (κ3) is 4.27. The molecule has 5 nitrogen and oxygen atoms in total. The number of ether oxygens (including phenoxy) is 1. The molecule has 0 aliphatic carbocycles. The Kier molecular flexibility index (Phi) is 5.45. The number of hydrogen-bond donors (Lipinski definition) is 0. The van der Waals surface area contributed by atoms with Crippen LogP contribution in [0.5, 0.6) is 5.75 Å². The van der Waals surface area contributed by atoms with E-state index in [-0.39, 0.29) is 16.4 Å². The Hall–Kier alpha value is -2.88. The van der Waals surface area contributed by atoms with Crippen molar-refractivity contribution in [1.82, 2.24) is 4.98 Å². The van der Waals surface area contributed by atoms with E-state index >= 15 is 0 Å². The van der Waals surface area contributed by atoms with E-state index in [0.29, 0.717) is 16.1 Å². The van der Waals surface area contributed by atoms with Crippen molar-refractivity contribution in [3.8, 4) is 22.9 Å². The molecule has 0 saturated heterocycles. The molecule has 0 saturated carbocycles. The minimum atomic E-state index is -3.68. The van der Waals surface area contributed by atoms with E-state index in [1.807, 2.05) is 0 Å². The van der Waals surface area contributed by atoms with Gasteiger partial charge in [-0.2, -0.15) is 5.26 Å². The van der Waals surface area contributed by atoms with Crippen LogP contribution in [0.3, 0.4) is 0 Å². The summed E-state index contributed by atoms with van der Waals surface area (Å²) in [6.07, 6.45) is 3.17. The summed E-state index contributed by atoms with van der Waals surface area (Å²) >= 11 is 5.96. The third-order valence-electron chi connectivity index (χ3n) is 3.96. The van der Waals surface area contributed by atoms with Crippen LogP contribution in [0.4, 0.5) is 0 Å². The lowest BCUT2D eigenvalue weighted by Gasteiger charge is -2.11. The van der Waals surface area contributed by atoms with Gasteiger partial charge in [0.2, 0.25) is 0 Å². The van der Waals surface area contributed by atoms with Gasteiger partial charge in [-0.05, 0) is 47.5 Å². The summed E-state index contributed by atoms with van der Waals surface area (Å²) in [5.74, 6) is 0.0106. The predicted molar refractivity (Wildman–Crippen MR) is 103 cm³/mol. The molecule has 27 heavy (non-hydrogen) atoms. The van der Waals surface area contributed by atoms with Crippen LogP contribution in [-0.4, -0.2) is 20.5 Å². The second-order valence-corrected chi connectivity index (χ2v) is 8.22. The number of rotatable bonds is 5. The third-order valence-corrected chi connectivity index (χ3v) is 5.90. The number of halogens is 1. The standard InChI is InChI=1S/C20H15ClN2O3S/c1-26-19-7-6-18(21)9-20(19)27(24,25)13-15-8-17(12-23-11-15)16-4-2-14(10-22)3-5-16/h2-9,11-12H,13H2,1H3. The first-order valence-electron chi connectivity index (χ1n) is 7.94. The van der Waals surface area contributed by atoms with E-state index in [1.54, 1.807) is 42.6 Å². The van der Waals surface area contributed by atoms with E-state index in [4.69, 9.17) is 21.6 Å². The van der Waals surface area contributed by atoms with Crippen molar-refractivity contribution in [3.05, 3.63) is 77.1 Å². The second-order valence-electron chi connectivity index (χ2n) is 5.83. The van der Waals surface area contributed by atoms with Gasteiger partial charge in [-0.15, -0.1) is 0 Å². The number of pyridine rings is 1. The minimum absolute atomic E-state index is 0.0428. The molecule has 0 N–H and O–H groups in total. The zero-order valence-electron chi connectivity index (χ0n) is 14.4. The van der Waals surface area contributed by atoms with E-state index in [1.165, 1.54) is 25.4 Å². The summed E-state index contributed by atoms with van der Waals surface area (Å²) in [7, 11) is -2.27. The number of nitrogens with zero attached hydrogens (tertiary/aromatic N) is 2. The molecule has 0 aliphatic rings. The summed E-state index contributed by atoms with van der Waals surface area (Å²) in [4.78, 5) is 4.20. The monoisotopic (exact) mass is 398 g/mol. The maximum atomic E-state index is 12.9. The van der Waals surface area contributed by atoms with Crippen LogP contribution in [0.1, 0.15) is 11.1 Å². The zero-order valence-corrected chi connectivity index (χ0v) is 16.0. The Morgan fingerprint density at radius 3 is 2.48 bits per heavy atom. The Bertz CT molecular complexity index is 1120. The fourth-order valence-electron chi connectivity index (χ4n) is 2.65. The molecule has 0 atom stereocenters. The van der Waals surface area contributed by atoms with Gasteiger partial charge in [0, 0.05) is 23.0 Å². The lowest BCUT2D eigenvalue weighted by molar-refractivity contribution is 0.402. The molecule has 3 aromatic rings. The van der Waals surface area contributed by atoms with Crippen LogP contribution in [-0.2, 0) is 15.6 Å². The number of aromatic nitrogens is 1. The number of hydrogen-bond acceptors (Lipinski definition) is 5. The van der Waals surface area contributed by atoms with Gasteiger partial charge in [-0.25, -0.2) is 8.42 Å². The number of methoxy groups -OCH3 is 1. The SMILES string of the molecule is COc1ccc(Cl)cc1S(=O)(=O)Cc1cncc(-c2ccc(C#N)cc2)c1. The quantitative estimate of drug-likeness (QED) is 0.641. The minimum Gasteiger partial charge on any atom is -0.495 e. The fraction of sp³-hybridized carbons (Fsp3) is 0.100. The van der Waals surface area contributed by atoms with Crippen molar-refractivity contribution in [2.24, 2.45) is 0 Å². The van der Waals surface area contributed by atoms with Gasteiger partial charge >= 0.3 is 0 Å². The number of benzene rings is 2. The van der Waals surface area contributed by atoms with Crippen LogP contribution in [0.15, 0.2) is 65.8 Å². The fourth-order valence-corrected chi connectivity index (χ4v) is 4.41. The molecular formula is C20H15ClN2O3S. The summed E-state index contributed by atoms with van der Waals surface area (Å²) in [5.41, 5.74) is 2.71. The average molecular weight is 399 g/mol. The highest BCUT2D eigenvalue weighted by Gasteiger charge is 2.21. The van der Waals surface area contributed by atoms with Crippen LogP contribution >= 0.6 is 11.6 Å². The summed E-state index contributed by atoms with van der Waals surface area (Å²) in [6.45, 7) is 0. The van der Waals surface area contributed by atoms with Crippen molar-refractivity contribution < 1.29 is 13.2 Å². The molecule has 0 bridgehead atoms. The lowest BCUT2D eigenvalue weighted by atomic mass is 10.0. The molecule has 3 rings (SSSR count). The molecule has 1 heterocycles. The van der Waals surface area contributed by atoms with Gasteiger partial charge < -0.3 is 4.74 Å². The molecule has 2 aromatic carbocycles.